The van der Waals surface area contributed by atoms with E-state index in [2.05, 4.69) is 36.1 Å². The zero-order chi connectivity index (χ0) is 23.7. The molecule has 1 amide bonds. The minimum absolute atomic E-state index is 0.00759. The van der Waals surface area contributed by atoms with Gasteiger partial charge >= 0.3 is 0 Å². The summed E-state index contributed by atoms with van der Waals surface area (Å²) in [6.07, 6.45) is 0.771. The summed E-state index contributed by atoms with van der Waals surface area (Å²) in [5.74, 6) is 0.00759. The third kappa shape index (κ3) is 4.63. The Morgan fingerprint density at radius 1 is 0.971 bits per heavy atom. The zero-order valence-corrected chi connectivity index (χ0v) is 21.3. The smallest absolute Gasteiger partial charge is 0.269 e. The minimum Gasteiger partial charge on any atom is -0.337 e. The van der Waals surface area contributed by atoms with Crippen LogP contribution in [-0.4, -0.2) is 29.6 Å². The Morgan fingerprint density at radius 2 is 1.68 bits per heavy atom. The van der Waals surface area contributed by atoms with Gasteiger partial charge in [-0.2, -0.15) is 0 Å². The molecule has 1 fully saturated rings. The summed E-state index contributed by atoms with van der Waals surface area (Å²) in [4.78, 5) is 24.4. The highest BCUT2D eigenvalue weighted by atomic mass is 35.5. The van der Waals surface area contributed by atoms with E-state index in [-0.39, 0.29) is 11.9 Å². The van der Waals surface area contributed by atoms with Gasteiger partial charge in [0.2, 0.25) is 0 Å². The third-order valence-corrected chi connectivity index (χ3v) is 8.59. The van der Waals surface area contributed by atoms with Gasteiger partial charge in [-0.05, 0) is 54.4 Å². The van der Waals surface area contributed by atoms with Crippen LogP contribution in [0.5, 0.6) is 0 Å². The number of hydrogen-bond acceptors (Lipinski definition) is 5. The van der Waals surface area contributed by atoms with Gasteiger partial charge in [0.1, 0.15) is 4.91 Å². The number of halogens is 1. The number of aliphatic imine (C=N–C) groups is 1. The maximum absolute atomic E-state index is 13.7. The summed E-state index contributed by atoms with van der Waals surface area (Å²) in [5.41, 5.74) is 3.35. The lowest BCUT2D eigenvalue weighted by molar-refractivity contribution is -0.122. The number of rotatable bonds is 5. The highest BCUT2D eigenvalue weighted by molar-refractivity contribution is 8.19. The lowest BCUT2D eigenvalue weighted by Gasteiger charge is -2.18. The van der Waals surface area contributed by atoms with Crippen molar-refractivity contribution in [3.8, 4) is 0 Å². The molecule has 34 heavy (non-hydrogen) atoms. The van der Waals surface area contributed by atoms with E-state index in [1.54, 1.807) is 11.8 Å². The van der Waals surface area contributed by atoms with Gasteiger partial charge in [-0.3, -0.25) is 14.7 Å². The number of amides is 1. The SMILES string of the molecule is CC(N=C1SC(=C2Sc3ccc(Cl)cc3N2C)C(=O)N1CCc1ccccc1)c1ccccc1. The Morgan fingerprint density at radius 3 is 2.41 bits per heavy atom. The molecule has 0 aliphatic carbocycles. The first kappa shape index (κ1) is 23.1. The number of carbonyl (C=O) groups is 1. The second-order valence-electron chi connectivity index (χ2n) is 8.20. The summed E-state index contributed by atoms with van der Waals surface area (Å²) < 4.78 is 0. The summed E-state index contributed by atoms with van der Waals surface area (Å²) >= 11 is 9.32. The van der Waals surface area contributed by atoms with Gasteiger partial charge in [0.25, 0.3) is 5.91 Å². The van der Waals surface area contributed by atoms with Crippen LogP contribution in [0.25, 0.3) is 0 Å². The molecule has 0 bridgehead atoms. The fourth-order valence-corrected chi connectivity index (χ4v) is 6.58. The van der Waals surface area contributed by atoms with Crippen LogP contribution in [0.3, 0.4) is 0 Å². The molecular weight excluding hydrogens is 482 g/mol. The average Bonchev–Trinajstić information content (AvgIpc) is 3.34. The summed E-state index contributed by atoms with van der Waals surface area (Å²) in [6.45, 7) is 2.66. The first-order chi connectivity index (χ1) is 16.5. The molecule has 0 aromatic heterocycles. The van der Waals surface area contributed by atoms with Crippen molar-refractivity contribution in [2.24, 2.45) is 4.99 Å². The standard InChI is InChI=1S/C27H24ClN3OS2/c1-18(20-11-7-4-8-12-20)29-27-31(16-15-19-9-5-3-6-10-19)25(32)24(34-27)26-30(2)22-17-21(28)13-14-23(22)33-26/h3-14,17-18H,15-16H2,1-2H3. The van der Waals surface area contributed by atoms with Gasteiger partial charge in [-0.1, -0.05) is 84.0 Å². The Balaban J connectivity index is 1.48. The van der Waals surface area contributed by atoms with Crippen molar-refractivity contribution in [2.75, 3.05) is 18.5 Å². The van der Waals surface area contributed by atoms with Crippen molar-refractivity contribution in [3.05, 3.63) is 105 Å². The minimum atomic E-state index is -0.0509. The summed E-state index contributed by atoms with van der Waals surface area (Å²) in [7, 11) is 1.99. The van der Waals surface area contributed by atoms with E-state index in [1.165, 1.54) is 17.3 Å². The van der Waals surface area contributed by atoms with Crippen LogP contribution in [0.15, 0.2) is 98.7 Å². The van der Waals surface area contributed by atoms with Crippen molar-refractivity contribution in [1.82, 2.24) is 4.90 Å². The van der Waals surface area contributed by atoms with Crippen LogP contribution >= 0.6 is 35.1 Å². The molecule has 0 radical (unpaired) electrons. The van der Waals surface area contributed by atoms with E-state index in [1.807, 2.05) is 66.5 Å². The van der Waals surface area contributed by atoms with E-state index in [0.717, 1.165) is 32.8 Å². The van der Waals surface area contributed by atoms with Gasteiger partial charge < -0.3 is 4.90 Å². The molecule has 7 heteroatoms. The summed E-state index contributed by atoms with van der Waals surface area (Å²) in [6, 6.07) is 26.2. The van der Waals surface area contributed by atoms with Crippen LogP contribution in [0, 0.1) is 0 Å². The maximum Gasteiger partial charge on any atom is 0.269 e. The van der Waals surface area contributed by atoms with Gasteiger partial charge in [0.05, 0.1) is 16.8 Å². The van der Waals surface area contributed by atoms with Gasteiger partial charge in [0, 0.05) is 23.5 Å². The van der Waals surface area contributed by atoms with Crippen molar-refractivity contribution in [2.45, 2.75) is 24.3 Å². The molecule has 1 unspecified atom stereocenters. The van der Waals surface area contributed by atoms with Crippen LogP contribution < -0.4 is 4.90 Å². The number of fused-ring (bicyclic) bond motifs is 1. The molecule has 3 aromatic carbocycles. The Bertz CT molecular complexity index is 1280. The van der Waals surface area contributed by atoms with E-state index >= 15 is 0 Å². The molecule has 3 aromatic rings. The lowest BCUT2D eigenvalue weighted by Crippen LogP contribution is -2.32. The summed E-state index contributed by atoms with van der Waals surface area (Å²) in [5, 5.41) is 2.36. The van der Waals surface area contributed by atoms with Crippen LogP contribution in [0.1, 0.15) is 24.1 Å². The van der Waals surface area contributed by atoms with Gasteiger partial charge in [-0.25, -0.2) is 0 Å². The maximum atomic E-state index is 13.7. The number of thioether (sulfide) groups is 2. The molecule has 2 heterocycles. The normalized spacial score (nSPS) is 19.7. The average molecular weight is 506 g/mol. The Labute approximate surface area is 213 Å². The second kappa shape index (κ2) is 9.90. The molecule has 0 N–H and O–H groups in total. The fraction of sp³-hybridized carbons (Fsp3) is 0.185. The lowest BCUT2D eigenvalue weighted by atomic mass is 10.1. The Kier molecular flexibility index (Phi) is 6.73. The van der Waals surface area contributed by atoms with Crippen molar-refractivity contribution in [1.29, 1.82) is 0 Å². The number of amidine groups is 1. The number of nitrogens with zero attached hydrogens (tertiary/aromatic N) is 3. The van der Waals surface area contributed by atoms with E-state index < -0.39 is 0 Å². The number of carbonyl (C=O) groups excluding carboxylic acids is 1. The zero-order valence-electron chi connectivity index (χ0n) is 18.9. The van der Waals surface area contributed by atoms with Crippen molar-refractivity contribution >= 4 is 51.9 Å². The predicted molar refractivity (Wildman–Crippen MR) is 144 cm³/mol. The first-order valence-corrected chi connectivity index (χ1v) is 13.1. The van der Waals surface area contributed by atoms with Crippen molar-refractivity contribution in [3.63, 3.8) is 0 Å². The number of benzene rings is 3. The quantitative estimate of drug-likeness (QED) is 0.350. The first-order valence-electron chi connectivity index (χ1n) is 11.1. The van der Waals surface area contributed by atoms with Gasteiger partial charge in [-0.15, -0.1) is 0 Å². The topological polar surface area (TPSA) is 35.9 Å². The predicted octanol–water partition coefficient (Wildman–Crippen LogP) is 6.99. The van der Waals surface area contributed by atoms with Gasteiger partial charge in [0.15, 0.2) is 5.17 Å². The Hall–Kier alpha value is -2.67. The van der Waals surface area contributed by atoms with Crippen LogP contribution in [0.2, 0.25) is 5.02 Å². The van der Waals surface area contributed by atoms with Crippen LogP contribution in [-0.2, 0) is 11.2 Å². The van der Waals surface area contributed by atoms with E-state index in [9.17, 15) is 4.79 Å². The number of anilines is 1. The van der Waals surface area contributed by atoms with E-state index in [4.69, 9.17) is 16.6 Å². The van der Waals surface area contributed by atoms with E-state index in [0.29, 0.717) is 16.5 Å². The fourth-order valence-electron chi connectivity index (χ4n) is 4.00. The molecular formula is C27H24ClN3OS2. The molecule has 5 rings (SSSR count). The molecule has 0 spiro atoms. The molecule has 4 nitrogen and oxygen atoms in total. The monoisotopic (exact) mass is 505 g/mol. The molecule has 1 atom stereocenters. The number of hydrogen-bond donors (Lipinski definition) is 0. The molecule has 2 aliphatic heterocycles. The van der Waals surface area contributed by atoms with Crippen LogP contribution in [0.4, 0.5) is 5.69 Å². The highest BCUT2D eigenvalue weighted by Gasteiger charge is 2.39. The molecule has 172 valence electrons. The molecule has 1 saturated heterocycles. The largest absolute Gasteiger partial charge is 0.337 e. The molecule has 0 saturated carbocycles. The van der Waals surface area contributed by atoms with Crippen molar-refractivity contribution < 1.29 is 4.79 Å². The second-order valence-corrected chi connectivity index (χ2v) is 10.6. The highest BCUT2D eigenvalue weighted by Crippen LogP contribution is 2.50. The third-order valence-electron chi connectivity index (χ3n) is 5.90. The molecule has 2 aliphatic rings.